The van der Waals surface area contributed by atoms with Gasteiger partial charge in [-0.15, -0.1) is 11.3 Å². The molecule has 2 heterocycles. The summed E-state index contributed by atoms with van der Waals surface area (Å²) in [7, 11) is 0. The van der Waals surface area contributed by atoms with Gasteiger partial charge in [-0.3, -0.25) is 4.79 Å². The van der Waals surface area contributed by atoms with E-state index >= 15 is 0 Å². The summed E-state index contributed by atoms with van der Waals surface area (Å²) >= 11 is 3.23. The molecule has 22 heavy (non-hydrogen) atoms. The van der Waals surface area contributed by atoms with Crippen molar-refractivity contribution in [2.45, 2.75) is 62.8 Å². The molecule has 0 bridgehead atoms. The summed E-state index contributed by atoms with van der Waals surface area (Å²) in [5.74, 6) is 0.119. The van der Waals surface area contributed by atoms with Crippen molar-refractivity contribution in [1.82, 2.24) is 15.3 Å². The second-order valence-electron chi connectivity index (χ2n) is 5.89. The van der Waals surface area contributed by atoms with E-state index in [0.29, 0.717) is 6.04 Å². The van der Waals surface area contributed by atoms with Crippen LogP contribution in [-0.2, 0) is 4.79 Å². The van der Waals surface area contributed by atoms with Crippen LogP contribution >= 0.6 is 23.1 Å². The van der Waals surface area contributed by atoms with Crippen LogP contribution in [0.5, 0.6) is 0 Å². The number of amides is 1. The first-order chi connectivity index (χ1) is 10.6. The molecule has 2 aromatic rings. The Kier molecular flexibility index (Phi) is 4.68. The van der Waals surface area contributed by atoms with E-state index in [4.69, 9.17) is 0 Å². The van der Waals surface area contributed by atoms with Crippen molar-refractivity contribution in [2.24, 2.45) is 0 Å². The molecule has 1 aliphatic rings. The summed E-state index contributed by atoms with van der Waals surface area (Å²) in [5.41, 5.74) is 1.23. The van der Waals surface area contributed by atoms with E-state index in [1.807, 2.05) is 6.92 Å². The van der Waals surface area contributed by atoms with Crippen molar-refractivity contribution in [3.05, 3.63) is 16.8 Å². The zero-order valence-electron chi connectivity index (χ0n) is 13.2. The Balaban J connectivity index is 1.76. The lowest BCUT2D eigenvalue weighted by Crippen LogP contribution is -2.37. The predicted molar refractivity (Wildman–Crippen MR) is 92.6 cm³/mol. The minimum Gasteiger partial charge on any atom is -0.352 e. The van der Waals surface area contributed by atoms with Crippen molar-refractivity contribution in [3.8, 4) is 0 Å². The molecule has 2 aromatic heterocycles. The number of carbonyl (C=O) groups excluding carboxylic acids is 1. The number of thiophene rings is 1. The van der Waals surface area contributed by atoms with Crippen molar-refractivity contribution >= 4 is 39.2 Å². The number of hydrogen-bond acceptors (Lipinski definition) is 5. The highest BCUT2D eigenvalue weighted by Gasteiger charge is 2.23. The van der Waals surface area contributed by atoms with E-state index in [2.05, 4.69) is 29.1 Å². The van der Waals surface area contributed by atoms with E-state index in [9.17, 15) is 4.79 Å². The summed E-state index contributed by atoms with van der Waals surface area (Å²) in [4.78, 5) is 23.4. The van der Waals surface area contributed by atoms with Crippen LogP contribution in [0.3, 0.4) is 0 Å². The van der Waals surface area contributed by atoms with Gasteiger partial charge in [0.2, 0.25) is 5.91 Å². The number of fused-ring (bicyclic) bond motifs is 1. The van der Waals surface area contributed by atoms with Crippen LogP contribution in [0.2, 0.25) is 0 Å². The average Bonchev–Trinajstić information content (AvgIpc) is 3.08. The quantitative estimate of drug-likeness (QED) is 0.681. The third-order valence-electron chi connectivity index (χ3n) is 4.29. The molecule has 0 radical (unpaired) electrons. The normalized spacial score (nSPS) is 17.0. The summed E-state index contributed by atoms with van der Waals surface area (Å²) < 4.78 is 0. The molecular weight excluding hydrogens is 314 g/mol. The van der Waals surface area contributed by atoms with Gasteiger partial charge in [0.15, 0.2) is 0 Å². The fraction of sp³-hybridized carbons (Fsp3) is 0.562. The van der Waals surface area contributed by atoms with Crippen LogP contribution in [0.1, 0.15) is 43.0 Å². The summed E-state index contributed by atoms with van der Waals surface area (Å²) in [5, 5.41) is 5.05. The monoisotopic (exact) mass is 335 g/mol. The lowest BCUT2D eigenvalue weighted by molar-refractivity contribution is -0.120. The smallest absolute Gasteiger partial charge is 0.233 e. The highest BCUT2D eigenvalue weighted by molar-refractivity contribution is 8.00. The number of hydrogen-bond donors (Lipinski definition) is 1. The Morgan fingerprint density at radius 3 is 2.82 bits per heavy atom. The van der Waals surface area contributed by atoms with E-state index in [1.54, 1.807) is 17.7 Å². The Hall–Kier alpha value is -1.14. The van der Waals surface area contributed by atoms with E-state index in [-0.39, 0.29) is 11.2 Å². The lowest BCUT2D eigenvalue weighted by Gasteiger charge is -2.16. The van der Waals surface area contributed by atoms with Gasteiger partial charge in [0.25, 0.3) is 0 Å². The SMILES string of the molecule is Cc1sc2ncnc(S[C@H](C)C(=O)NC3CCCC3)c2c1C. The van der Waals surface area contributed by atoms with E-state index < -0.39 is 0 Å². The number of aryl methyl sites for hydroxylation is 2. The second-order valence-corrected chi connectivity index (χ2v) is 8.42. The van der Waals surface area contributed by atoms with Crippen LogP contribution in [0.4, 0.5) is 0 Å². The van der Waals surface area contributed by atoms with Crippen LogP contribution in [0, 0.1) is 13.8 Å². The number of nitrogens with one attached hydrogen (secondary N) is 1. The first-order valence-electron chi connectivity index (χ1n) is 7.74. The number of nitrogens with zero attached hydrogens (tertiary/aromatic N) is 2. The summed E-state index contributed by atoms with van der Waals surface area (Å²) in [6, 6.07) is 0.367. The zero-order valence-corrected chi connectivity index (χ0v) is 14.8. The molecule has 6 heteroatoms. The standard InChI is InChI=1S/C16H21N3OS2/c1-9-10(2)21-15-13(9)16(18-8-17-15)22-11(3)14(20)19-12-6-4-5-7-12/h8,11-12H,4-7H2,1-3H3,(H,19,20)/t11-/m1/s1. The van der Waals surface area contributed by atoms with Gasteiger partial charge in [-0.1, -0.05) is 24.6 Å². The molecule has 1 saturated carbocycles. The van der Waals surface area contributed by atoms with Gasteiger partial charge < -0.3 is 5.32 Å². The maximum atomic E-state index is 12.4. The fourth-order valence-electron chi connectivity index (χ4n) is 2.85. The molecule has 1 atom stereocenters. The molecule has 4 nitrogen and oxygen atoms in total. The third kappa shape index (κ3) is 3.13. The van der Waals surface area contributed by atoms with E-state index in [0.717, 1.165) is 28.1 Å². The summed E-state index contributed by atoms with van der Waals surface area (Å²) in [6.07, 6.45) is 6.29. The maximum absolute atomic E-state index is 12.4. The molecule has 0 unspecified atom stereocenters. The van der Waals surface area contributed by atoms with Crippen LogP contribution in [0.15, 0.2) is 11.4 Å². The fourth-order valence-corrected chi connectivity index (χ4v) is 4.90. The highest BCUT2D eigenvalue weighted by Crippen LogP contribution is 2.36. The Bertz CT molecular complexity index is 692. The van der Waals surface area contributed by atoms with Crippen LogP contribution < -0.4 is 5.32 Å². The largest absolute Gasteiger partial charge is 0.352 e. The number of aromatic nitrogens is 2. The van der Waals surface area contributed by atoms with Gasteiger partial charge in [-0.05, 0) is 39.2 Å². The third-order valence-corrected chi connectivity index (χ3v) is 6.51. The first kappa shape index (κ1) is 15.7. The van der Waals surface area contributed by atoms with Crippen molar-refractivity contribution in [3.63, 3.8) is 0 Å². The minimum atomic E-state index is -0.140. The van der Waals surface area contributed by atoms with Crippen molar-refractivity contribution < 1.29 is 4.79 Å². The molecule has 118 valence electrons. The Morgan fingerprint density at radius 1 is 1.36 bits per heavy atom. The van der Waals surface area contributed by atoms with Crippen LogP contribution in [0.25, 0.3) is 10.2 Å². The predicted octanol–water partition coefficient (Wildman–Crippen LogP) is 3.85. The Morgan fingerprint density at radius 2 is 2.09 bits per heavy atom. The summed E-state index contributed by atoms with van der Waals surface area (Å²) in [6.45, 7) is 6.16. The molecule has 3 rings (SSSR count). The van der Waals surface area contributed by atoms with Gasteiger partial charge in [0.1, 0.15) is 16.2 Å². The molecule has 1 aliphatic carbocycles. The Labute approximate surface area is 139 Å². The second kappa shape index (κ2) is 6.54. The minimum absolute atomic E-state index is 0.119. The van der Waals surface area contributed by atoms with Gasteiger partial charge in [0.05, 0.1) is 5.25 Å². The zero-order chi connectivity index (χ0) is 15.7. The average molecular weight is 335 g/mol. The molecule has 0 aromatic carbocycles. The number of carbonyl (C=O) groups is 1. The van der Waals surface area contributed by atoms with Crippen LogP contribution in [-0.4, -0.2) is 27.2 Å². The van der Waals surface area contributed by atoms with Crippen molar-refractivity contribution in [2.75, 3.05) is 0 Å². The van der Waals surface area contributed by atoms with Gasteiger partial charge >= 0.3 is 0 Å². The lowest BCUT2D eigenvalue weighted by atomic mass is 10.2. The van der Waals surface area contributed by atoms with Gasteiger partial charge in [-0.2, -0.15) is 0 Å². The van der Waals surface area contributed by atoms with Gasteiger partial charge in [0, 0.05) is 16.3 Å². The molecule has 1 fully saturated rings. The number of thioether (sulfide) groups is 1. The molecule has 1 N–H and O–H groups in total. The molecule has 0 saturated heterocycles. The first-order valence-corrected chi connectivity index (χ1v) is 9.43. The molecule has 0 spiro atoms. The molecular formula is C16H21N3OS2. The highest BCUT2D eigenvalue weighted by atomic mass is 32.2. The van der Waals surface area contributed by atoms with E-state index in [1.165, 1.54) is 35.0 Å². The topological polar surface area (TPSA) is 54.9 Å². The molecule has 1 amide bonds. The van der Waals surface area contributed by atoms with Gasteiger partial charge in [-0.25, -0.2) is 9.97 Å². The maximum Gasteiger partial charge on any atom is 0.233 e. The number of rotatable bonds is 4. The van der Waals surface area contributed by atoms with Crippen molar-refractivity contribution in [1.29, 1.82) is 0 Å². The molecule has 0 aliphatic heterocycles.